The van der Waals surface area contributed by atoms with E-state index in [2.05, 4.69) is 9.88 Å². The highest BCUT2D eigenvalue weighted by atomic mass is 32.1. The number of nitrogens with zero attached hydrogens (tertiary/aromatic N) is 2. The molecule has 3 atom stereocenters. The molecule has 0 radical (unpaired) electrons. The molecule has 1 aromatic heterocycles. The Kier molecular flexibility index (Phi) is 4.57. The number of anilines is 1. The van der Waals surface area contributed by atoms with Crippen molar-refractivity contribution in [2.45, 2.75) is 44.9 Å². The van der Waals surface area contributed by atoms with Crippen LogP contribution in [0.25, 0.3) is 0 Å². The lowest BCUT2D eigenvalue weighted by atomic mass is 9.89. The Morgan fingerprint density at radius 1 is 1.21 bits per heavy atom. The number of thiazole rings is 1. The molecule has 130 valence electrons. The third kappa shape index (κ3) is 3.21. The number of ether oxygens (including phenoxy) is 1. The first-order valence-electron chi connectivity index (χ1n) is 9.11. The van der Waals surface area contributed by atoms with Crippen molar-refractivity contribution >= 4 is 28.2 Å². The number of aromatic nitrogens is 1. The fourth-order valence-corrected chi connectivity index (χ4v) is 5.37. The maximum atomic E-state index is 12.3. The van der Waals surface area contributed by atoms with Gasteiger partial charge in [0, 0.05) is 13.1 Å². The lowest BCUT2D eigenvalue weighted by Gasteiger charge is -2.25. The summed E-state index contributed by atoms with van der Waals surface area (Å²) in [7, 11) is 0. The number of carbonyl (C=O) groups excluding carboxylic acids is 2. The van der Waals surface area contributed by atoms with E-state index in [1.54, 1.807) is 6.20 Å². The summed E-state index contributed by atoms with van der Waals surface area (Å²) in [4.78, 5) is 31.7. The number of piperidine rings is 1. The minimum Gasteiger partial charge on any atom is -0.457 e. The van der Waals surface area contributed by atoms with Crippen LogP contribution in [0, 0.1) is 17.8 Å². The minimum absolute atomic E-state index is 0.0296. The lowest BCUT2D eigenvalue weighted by Crippen LogP contribution is -2.29. The topological polar surface area (TPSA) is 59.5 Å². The van der Waals surface area contributed by atoms with Crippen LogP contribution in [0.15, 0.2) is 6.20 Å². The van der Waals surface area contributed by atoms with Crippen molar-refractivity contribution in [3.8, 4) is 0 Å². The molecule has 1 aromatic rings. The number of esters is 1. The third-order valence-electron chi connectivity index (χ3n) is 5.78. The van der Waals surface area contributed by atoms with Crippen LogP contribution in [-0.4, -0.2) is 36.4 Å². The van der Waals surface area contributed by atoms with Gasteiger partial charge in [0.05, 0.1) is 17.0 Å². The molecule has 3 fully saturated rings. The molecule has 5 nitrogen and oxygen atoms in total. The molecule has 0 spiro atoms. The van der Waals surface area contributed by atoms with E-state index in [1.807, 2.05) is 0 Å². The Hall–Kier alpha value is -1.43. The SMILES string of the molecule is O=C(COC(=O)C1CC2CCC1C2)c1cnc(N2CCCCC2)s1. The Morgan fingerprint density at radius 3 is 2.75 bits per heavy atom. The van der Waals surface area contributed by atoms with Gasteiger partial charge in [-0.3, -0.25) is 9.59 Å². The van der Waals surface area contributed by atoms with E-state index in [4.69, 9.17) is 4.74 Å². The van der Waals surface area contributed by atoms with Gasteiger partial charge < -0.3 is 9.64 Å². The standard InChI is InChI=1S/C18H24N2O3S/c21-15(11-23-17(22)14-9-12-4-5-13(14)8-12)16-10-19-18(24-16)20-6-2-1-3-7-20/h10,12-14H,1-9,11H2. The number of hydrogen-bond acceptors (Lipinski definition) is 6. The average Bonchev–Trinajstić information content (AvgIpc) is 3.36. The summed E-state index contributed by atoms with van der Waals surface area (Å²) in [5.41, 5.74) is 0. The van der Waals surface area contributed by atoms with Crippen LogP contribution < -0.4 is 4.90 Å². The number of hydrogen-bond donors (Lipinski definition) is 0. The van der Waals surface area contributed by atoms with Gasteiger partial charge >= 0.3 is 5.97 Å². The zero-order chi connectivity index (χ0) is 16.5. The molecule has 6 heteroatoms. The second-order valence-corrected chi connectivity index (χ2v) is 8.38. The van der Waals surface area contributed by atoms with E-state index < -0.39 is 0 Å². The fraction of sp³-hybridized carbons (Fsp3) is 0.722. The summed E-state index contributed by atoms with van der Waals surface area (Å²) in [5, 5.41) is 0.914. The monoisotopic (exact) mass is 348 g/mol. The highest BCUT2D eigenvalue weighted by Crippen LogP contribution is 2.48. The molecule has 2 bridgehead atoms. The van der Waals surface area contributed by atoms with Gasteiger partial charge in [0.25, 0.3) is 0 Å². The van der Waals surface area contributed by atoms with Crippen molar-refractivity contribution in [1.82, 2.24) is 4.98 Å². The molecular weight excluding hydrogens is 324 g/mol. The quantitative estimate of drug-likeness (QED) is 0.604. The van der Waals surface area contributed by atoms with Crippen LogP contribution in [0.4, 0.5) is 5.13 Å². The van der Waals surface area contributed by atoms with Gasteiger partial charge in [-0.2, -0.15) is 0 Å². The first-order valence-corrected chi connectivity index (χ1v) is 9.93. The Labute approximate surface area is 146 Å². The molecule has 2 heterocycles. The molecular formula is C18H24N2O3S. The molecule has 0 aromatic carbocycles. The predicted molar refractivity (Wildman–Crippen MR) is 92.4 cm³/mol. The third-order valence-corrected chi connectivity index (χ3v) is 6.88. The number of Topliss-reactive ketones (excluding diaryl/α,β-unsaturated/α-hetero) is 1. The molecule has 0 amide bonds. The lowest BCUT2D eigenvalue weighted by molar-refractivity contribution is -0.149. The van der Waals surface area contributed by atoms with E-state index in [9.17, 15) is 9.59 Å². The summed E-state index contributed by atoms with van der Waals surface area (Å²) in [6.07, 6.45) is 9.79. The second kappa shape index (κ2) is 6.82. The van der Waals surface area contributed by atoms with Gasteiger partial charge in [-0.15, -0.1) is 0 Å². The first-order chi connectivity index (χ1) is 11.7. The molecule has 0 N–H and O–H groups in total. The van der Waals surface area contributed by atoms with Gasteiger partial charge in [0.2, 0.25) is 5.78 Å². The van der Waals surface area contributed by atoms with Gasteiger partial charge in [0.15, 0.2) is 11.7 Å². The van der Waals surface area contributed by atoms with Crippen molar-refractivity contribution in [1.29, 1.82) is 0 Å². The largest absolute Gasteiger partial charge is 0.457 e. The van der Waals surface area contributed by atoms with Gasteiger partial charge in [-0.05, 0) is 50.4 Å². The number of carbonyl (C=O) groups is 2. The van der Waals surface area contributed by atoms with Crippen LogP contribution in [0.5, 0.6) is 0 Å². The Morgan fingerprint density at radius 2 is 2.04 bits per heavy atom. The average molecular weight is 348 g/mol. The Balaban J connectivity index is 1.30. The highest BCUT2D eigenvalue weighted by molar-refractivity contribution is 7.17. The maximum Gasteiger partial charge on any atom is 0.309 e. The molecule has 4 rings (SSSR count). The van der Waals surface area contributed by atoms with Crippen molar-refractivity contribution in [2.75, 3.05) is 24.6 Å². The molecule has 3 unspecified atom stereocenters. The van der Waals surface area contributed by atoms with E-state index in [1.165, 1.54) is 43.4 Å². The zero-order valence-electron chi connectivity index (χ0n) is 13.9. The molecule has 2 saturated carbocycles. The smallest absolute Gasteiger partial charge is 0.309 e. The molecule has 1 saturated heterocycles. The molecule has 2 aliphatic carbocycles. The van der Waals surface area contributed by atoms with Gasteiger partial charge in [0.1, 0.15) is 0 Å². The van der Waals surface area contributed by atoms with Crippen LogP contribution in [0.2, 0.25) is 0 Å². The van der Waals surface area contributed by atoms with Crippen LogP contribution >= 0.6 is 11.3 Å². The predicted octanol–water partition coefficient (Wildman–Crippen LogP) is 3.30. The Bertz CT molecular complexity index is 624. The van der Waals surface area contributed by atoms with E-state index >= 15 is 0 Å². The molecule has 1 aliphatic heterocycles. The van der Waals surface area contributed by atoms with Crippen LogP contribution in [0.3, 0.4) is 0 Å². The zero-order valence-corrected chi connectivity index (χ0v) is 14.7. The van der Waals surface area contributed by atoms with Gasteiger partial charge in [-0.1, -0.05) is 17.8 Å². The maximum absolute atomic E-state index is 12.3. The highest BCUT2D eigenvalue weighted by Gasteiger charge is 2.44. The number of fused-ring (bicyclic) bond motifs is 2. The van der Waals surface area contributed by atoms with Crippen molar-refractivity contribution in [3.63, 3.8) is 0 Å². The van der Waals surface area contributed by atoms with Crippen LogP contribution in [0.1, 0.15) is 54.6 Å². The summed E-state index contributed by atoms with van der Waals surface area (Å²) in [6, 6.07) is 0. The normalized spacial score (nSPS) is 29.0. The van der Waals surface area contributed by atoms with Crippen molar-refractivity contribution < 1.29 is 14.3 Å². The fourth-order valence-electron chi connectivity index (χ4n) is 4.47. The summed E-state index contributed by atoms with van der Waals surface area (Å²) in [6.45, 7) is 1.88. The second-order valence-electron chi connectivity index (χ2n) is 7.37. The number of rotatable bonds is 5. The van der Waals surface area contributed by atoms with Gasteiger partial charge in [-0.25, -0.2) is 4.98 Å². The summed E-state index contributed by atoms with van der Waals surface area (Å²) in [5.74, 6) is 0.925. The van der Waals surface area contributed by atoms with E-state index in [-0.39, 0.29) is 24.3 Å². The summed E-state index contributed by atoms with van der Waals surface area (Å²) < 4.78 is 5.33. The molecule has 3 aliphatic rings. The molecule has 24 heavy (non-hydrogen) atoms. The van der Waals surface area contributed by atoms with Crippen molar-refractivity contribution in [3.05, 3.63) is 11.1 Å². The van der Waals surface area contributed by atoms with Crippen molar-refractivity contribution in [2.24, 2.45) is 17.8 Å². The first kappa shape index (κ1) is 16.1. The number of ketones is 1. The van der Waals surface area contributed by atoms with E-state index in [0.717, 1.165) is 31.1 Å². The minimum atomic E-state index is -0.170. The summed E-state index contributed by atoms with van der Waals surface area (Å²) >= 11 is 1.42. The van der Waals surface area contributed by atoms with Crippen LogP contribution in [-0.2, 0) is 9.53 Å². The van der Waals surface area contributed by atoms with E-state index in [0.29, 0.717) is 16.7 Å².